The third-order valence-corrected chi connectivity index (χ3v) is 3.74. The van der Waals surface area contributed by atoms with Gasteiger partial charge >= 0.3 is 6.18 Å². The Hall–Kier alpha value is -1.03. The average molecular weight is 271 g/mol. The molecule has 4 heteroatoms. The molecule has 2 unspecified atom stereocenters. The first-order valence-electron chi connectivity index (χ1n) is 6.78. The monoisotopic (exact) mass is 271 g/mol. The maximum atomic E-state index is 12.5. The molecular weight excluding hydrogens is 251 g/mol. The van der Waals surface area contributed by atoms with Crippen LogP contribution in [0.15, 0.2) is 24.3 Å². The predicted octanol–water partition coefficient (Wildman–Crippen LogP) is 4.20. The summed E-state index contributed by atoms with van der Waals surface area (Å²) < 4.78 is 37.6. The third kappa shape index (κ3) is 3.50. The molecule has 0 saturated carbocycles. The van der Waals surface area contributed by atoms with E-state index in [2.05, 4.69) is 19.2 Å². The lowest BCUT2D eigenvalue weighted by atomic mass is 9.87. The Morgan fingerprint density at radius 2 is 1.84 bits per heavy atom. The topological polar surface area (TPSA) is 12.0 Å². The molecule has 1 saturated heterocycles. The number of rotatable bonds is 3. The van der Waals surface area contributed by atoms with Gasteiger partial charge in [0.15, 0.2) is 0 Å². The Kier molecular flexibility index (Phi) is 4.19. The highest BCUT2D eigenvalue weighted by Gasteiger charge is 2.32. The summed E-state index contributed by atoms with van der Waals surface area (Å²) >= 11 is 0. The molecule has 0 aliphatic carbocycles. The van der Waals surface area contributed by atoms with E-state index in [0.29, 0.717) is 17.9 Å². The molecule has 106 valence electrons. The van der Waals surface area contributed by atoms with Gasteiger partial charge in [0.2, 0.25) is 0 Å². The van der Waals surface area contributed by atoms with Crippen LogP contribution in [0.25, 0.3) is 0 Å². The van der Waals surface area contributed by atoms with Gasteiger partial charge < -0.3 is 5.32 Å². The molecule has 0 bridgehead atoms. The summed E-state index contributed by atoms with van der Waals surface area (Å²) in [5.74, 6) is 0.928. The van der Waals surface area contributed by atoms with Gasteiger partial charge in [-0.15, -0.1) is 0 Å². The van der Waals surface area contributed by atoms with Crippen molar-refractivity contribution in [1.82, 2.24) is 5.32 Å². The Morgan fingerprint density at radius 3 is 2.37 bits per heavy atom. The van der Waals surface area contributed by atoms with Crippen LogP contribution in [0.1, 0.15) is 43.7 Å². The van der Waals surface area contributed by atoms with Crippen molar-refractivity contribution in [2.75, 3.05) is 6.54 Å². The van der Waals surface area contributed by atoms with Crippen molar-refractivity contribution in [2.24, 2.45) is 5.92 Å². The maximum absolute atomic E-state index is 12.5. The van der Waals surface area contributed by atoms with Gasteiger partial charge in [-0.25, -0.2) is 0 Å². The number of halogens is 3. The van der Waals surface area contributed by atoms with Crippen LogP contribution < -0.4 is 5.32 Å². The molecule has 0 radical (unpaired) electrons. The minimum absolute atomic E-state index is 0.338. The molecule has 2 atom stereocenters. The van der Waals surface area contributed by atoms with E-state index in [1.807, 2.05) is 0 Å². The molecule has 19 heavy (non-hydrogen) atoms. The average Bonchev–Trinajstić information content (AvgIpc) is 2.75. The van der Waals surface area contributed by atoms with Gasteiger partial charge in [0.25, 0.3) is 0 Å². The molecule has 1 nitrogen and oxygen atoms in total. The second-order valence-corrected chi connectivity index (χ2v) is 5.71. The van der Waals surface area contributed by atoms with Gasteiger partial charge in [0.05, 0.1) is 5.56 Å². The first-order chi connectivity index (χ1) is 8.88. The molecule has 1 heterocycles. The molecule has 0 amide bonds. The van der Waals surface area contributed by atoms with Gasteiger partial charge in [-0.05, 0) is 43.0 Å². The molecule has 0 aromatic heterocycles. The lowest BCUT2D eigenvalue weighted by Gasteiger charge is -2.22. The zero-order valence-corrected chi connectivity index (χ0v) is 11.3. The van der Waals surface area contributed by atoms with E-state index >= 15 is 0 Å². The molecule has 2 rings (SSSR count). The van der Waals surface area contributed by atoms with Crippen LogP contribution in [0.4, 0.5) is 13.2 Å². The SMILES string of the molecule is CC(C)CC1NCCC1c1ccc(C(F)(F)F)cc1. The summed E-state index contributed by atoms with van der Waals surface area (Å²) in [5, 5.41) is 3.46. The van der Waals surface area contributed by atoms with Crippen LogP contribution in [0.3, 0.4) is 0 Å². The molecule has 0 spiro atoms. The standard InChI is InChI=1S/C15H20F3N/c1-10(2)9-14-13(7-8-19-14)11-3-5-12(6-4-11)15(16,17)18/h3-6,10,13-14,19H,7-9H2,1-2H3. The Morgan fingerprint density at radius 1 is 1.21 bits per heavy atom. The largest absolute Gasteiger partial charge is 0.416 e. The minimum atomic E-state index is -4.25. The van der Waals surface area contributed by atoms with E-state index in [0.717, 1.165) is 24.9 Å². The van der Waals surface area contributed by atoms with Crippen LogP contribution in [0.2, 0.25) is 0 Å². The van der Waals surface area contributed by atoms with Crippen molar-refractivity contribution in [3.8, 4) is 0 Å². The summed E-state index contributed by atoms with van der Waals surface area (Å²) in [4.78, 5) is 0. The fourth-order valence-electron chi connectivity index (χ4n) is 2.84. The molecule has 1 aromatic rings. The van der Waals surface area contributed by atoms with E-state index in [4.69, 9.17) is 0 Å². The van der Waals surface area contributed by atoms with Crippen LogP contribution in [-0.2, 0) is 6.18 Å². The number of alkyl halides is 3. The first kappa shape index (κ1) is 14.4. The van der Waals surface area contributed by atoms with Gasteiger partial charge in [0.1, 0.15) is 0 Å². The van der Waals surface area contributed by atoms with Gasteiger partial charge in [-0.2, -0.15) is 13.2 Å². The lowest BCUT2D eigenvalue weighted by Crippen LogP contribution is -2.27. The van der Waals surface area contributed by atoms with Crippen molar-refractivity contribution in [2.45, 2.75) is 44.8 Å². The number of hydrogen-bond acceptors (Lipinski definition) is 1. The highest BCUT2D eigenvalue weighted by molar-refractivity contribution is 5.29. The van der Waals surface area contributed by atoms with E-state index in [9.17, 15) is 13.2 Å². The van der Waals surface area contributed by atoms with Crippen LogP contribution >= 0.6 is 0 Å². The smallest absolute Gasteiger partial charge is 0.313 e. The summed E-state index contributed by atoms with van der Waals surface area (Å²) in [6.07, 6.45) is -2.18. The molecule has 1 fully saturated rings. The summed E-state index contributed by atoms with van der Waals surface area (Å²) in [7, 11) is 0. The molecule has 1 aliphatic heterocycles. The zero-order valence-electron chi connectivity index (χ0n) is 11.3. The van der Waals surface area contributed by atoms with E-state index in [-0.39, 0.29) is 0 Å². The van der Waals surface area contributed by atoms with Crippen LogP contribution in [0, 0.1) is 5.92 Å². The van der Waals surface area contributed by atoms with Crippen molar-refractivity contribution >= 4 is 0 Å². The van der Waals surface area contributed by atoms with Crippen molar-refractivity contribution < 1.29 is 13.2 Å². The summed E-state index contributed by atoms with van der Waals surface area (Å²) in [5.41, 5.74) is 0.450. The normalized spacial score (nSPS) is 24.1. The predicted molar refractivity (Wildman–Crippen MR) is 70.0 cm³/mol. The zero-order chi connectivity index (χ0) is 14.0. The highest BCUT2D eigenvalue weighted by atomic mass is 19.4. The number of nitrogens with one attached hydrogen (secondary N) is 1. The molecule has 1 N–H and O–H groups in total. The van der Waals surface area contributed by atoms with E-state index < -0.39 is 11.7 Å². The van der Waals surface area contributed by atoms with Crippen LogP contribution in [-0.4, -0.2) is 12.6 Å². The van der Waals surface area contributed by atoms with Crippen molar-refractivity contribution in [3.63, 3.8) is 0 Å². The van der Waals surface area contributed by atoms with Crippen LogP contribution in [0.5, 0.6) is 0 Å². The van der Waals surface area contributed by atoms with Gasteiger partial charge in [-0.3, -0.25) is 0 Å². The molecule has 1 aromatic carbocycles. The maximum Gasteiger partial charge on any atom is 0.416 e. The second kappa shape index (κ2) is 5.53. The Bertz CT molecular complexity index is 408. The van der Waals surface area contributed by atoms with Crippen molar-refractivity contribution in [3.05, 3.63) is 35.4 Å². The number of hydrogen-bond donors (Lipinski definition) is 1. The van der Waals surface area contributed by atoms with Gasteiger partial charge in [0, 0.05) is 12.0 Å². The molecule has 1 aliphatic rings. The number of benzene rings is 1. The fourth-order valence-corrected chi connectivity index (χ4v) is 2.84. The quantitative estimate of drug-likeness (QED) is 0.869. The van der Waals surface area contributed by atoms with E-state index in [1.54, 1.807) is 12.1 Å². The Balaban J connectivity index is 2.13. The lowest BCUT2D eigenvalue weighted by molar-refractivity contribution is -0.137. The van der Waals surface area contributed by atoms with E-state index in [1.165, 1.54) is 12.1 Å². The summed E-state index contributed by atoms with van der Waals surface area (Å²) in [6, 6.07) is 6.04. The molecular formula is C15H20F3N. The highest BCUT2D eigenvalue weighted by Crippen LogP contribution is 2.34. The second-order valence-electron chi connectivity index (χ2n) is 5.71. The first-order valence-corrected chi connectivity index (χ1v) is 6.78. The fraction of sp³-hybridized carbons (Fsp3) is 0.600. The minimum Gasteiger partial charge on any atom is -0.313 e. The Labute approximate surface area is 112 Å². The van der Waals surface area contributed by atoms with Gasteiger partial charge in [-0.1, -0.05) is 26.0 Å². The third-order valence-electron chi connectivity index (χ3n) is 3.74. The summed E-state index contributed by atoms with van der Waals surface area (Å²) in [6.45, 7) is 5.29. The van der Waals surface area contributed by atoms with Crippen molar-refractivity contribution in [1.29, 1.82) is 0 Å².